The first-order valence-corrected chi connectivity index (χ1v) is 7.86. The van der Waals surface area contributed by atoms with E-state index in [1.54, 1.807) is 0 Å². The van der Waals surface area contributed by atoms with Gasteiger partial charge in [-0.25, -0.2) is 0 Å². The lowest BCUT2D eigenvalue weighted by atomic mass is 10.0. The third kappa shape index (κ3) is 10.8. The molecule has 0 fully saturated rings. The number of carbonyl (C=O) groups is 2. The van der Waals surface area contributed by atoms with Crippen LogP contribution in [0, 0.1) is 5.92 Å². The second kappa shape index (κ2) is 12.9. The lowest BCUT2D eigenvalue weighted by Gasteiger charge is -2.13. The van der Waals surface area contributed by atoms with Crippen molar-refractivity contribution in [3.8, 4) is 0 Å². The van der Waals surface area contributed by atoms with Crippen LogP contribution in [0.3, 0.4) is 0 Å². The zero-order valence-corrected chi connectivity index (χ0v) is 13.3. The number of carbonyl (C=O) groups excluding carboxylic acids is 2. The van der Waals surface area contributed by atoms with Gasteiger partial charge in [-0.05, 0) is 12.8 Å². The van der Waals surface area contributed by atoms with E-state index < -0.39 is 0 Å². The summed E-state index contributed by atoms with van der Waals surface area (Å²) in [7, 11) is 1.37. The van der Waals surface area contributed by atoms with Crippen molar-refractivity contribution in [2.24, 2.45) is 5.92 Å². The van der Waals surface area contributed by atoms with Gasteiger partial charge in [-0.15, -0.1) is 0 Å². The average Bonchev–Trinajstić information content (AvgIpc) is 2.46. The largest absolute Gasteiger partial charge is 0.469 e. The number of unbranched alkanes of at least 4 members (excludes halogenated alkanes) is 5. The van der Waals surface area contributed by atoms with Gasteiger partial charge in [0.05, 0.1) is 20.1 Å². The van der Waals surface area contributed by atoms with Gasteiger partial charge in [0.15, 0.2) is 0 Å². The molecule has 0 aromatic heterocycles. The smallest absolute Gasteiger partial charge is 0.305 e. The van der Waals surface area contributed by atoms with Crippen LogP contribution in [0.2, 0.25) is 0 Å². The molecule has 0 aliphatic heterocycles. The molecule has 0 heterocycles. The first kappa shape index (κ1) is 18.9. The summed E-state index contributed by atoms with van der Waals surface area (Å²) >= 11 is 0. The van der Waals surface area contributed by atoms with Crippen molar-refractivity contribution in [1.82, 2.24) is 0 Å². The molecule has 0 bridgehead atoms. The number of hydrogen-bond donors (Lipinski definition) is 0. The lowest BCUT2D eigenvalue weighted by Crippen LogP contribution is -2.17. The highest BCUT2D eigenvalue weighted by molar-refractivity contribution is 5.70. The molecule has 0 N–H and O–H groups in total. The molecule has 4 heteroatoms. The molecular weight excluding hydrogens is 256 g/mol. The maximum atomic E-state index is 11.6. The zero-order chi connectivity index (χ0) is 15.2. The molecule has 0 amide bonds. The highest BCUT2D eigenvalue weighted by Gasteiger charge is 2.14. The number of ether oxygens (including phenoxy) is 2. The summed E-state index contributed by atoms with van der Waals surface area (Å²) in [6.07, 6.45) is 8.56. The molecule has 0 saturated carbocycles. The third-order valence-corrected chi connectivity index (χ3v) is 3.47. The summed E-state index contributed by atoms with van der Waals surface area (Å²) in [6.45, 7) is 4.49. The van der Waals surface area contributed by atoms with Gasteiger partial charge in [-0.2, -0.15) is 0 Å². The van der Waals surface area contributed by atoms with E-state index in [1.165, 1.54) is 32.8 Å². The fraction of sp³-hybridized carbons (Fsp3) is 0.875. The minimum Gasteiger partial charge on any atom is -0.469 e. The van der Waals surface area contributed by atoms with Gasteiger partial charge in [0, 0.05) is 12.3 Å². The Bertz CT molecular complexity index is 263. The molecule has 0 rings (SSSR count). The fourth-order valence-corrected chi connectivity index (χ4v) is 1.97. The Balaban J connectivity index is 3.62. The van der Waals surface area contributed by atoms with Gasteiger partial charge in [-0.3, -0.25) is 9.59 Å². The normalized spacial score (nSPS) is 11.9. The van der Waals surface area contributed by atoms with Gasteiger partial charge >= 0.3 is 11.9 Å². The summed E-state index contributed by atoms with van der Waals surface area (Å²) in [6, 6.07) is 0. The molecule has 0 aromatic carbocycles. The van der Waals surface area contributed by atoms with Crippen LogP contribution in [0.15, 0.2) is 0 Å². The van der Waals surface area contributed by atoms with Crippen LogP contribution in [0.25, 0.3) is 0 Å². The summed E-state index contributed by atoms with van der Waals surface area (Å²) < 4.78 is 9.84. The van der Waals surface area contributed by atoms with Crippen molar-refractivity contribution in [3.63, 3.8) is 0 Å². The summed E-state index contributed by atoms with van der Waals surface area (Å²) in [5.74, 6) is -0.330. The van der Waals surface area contributed by atoms with Gasteiger partial charge in [-0.1, -0.05) is 46.0 Å². The molecule has 4 nitrogen and oxygen atoms in total. The lowest BCUT2D eigenvalue weighted by molar-refractivity contribution is -0.148. The van der Waals surface area contributed by atoms with Crippen molar-refractivity contribution < 1.29 is 19.1 Å². The summed E-state index contributed by atoms with van der Waals surface area (Å²) in [5, 5.41) is 0. The molecule has 0 aromatic rings. The van der Waals surface area contributed by atoms with Crippen LogP contribution in [-0.4, -0.2) is 25.7 Å². The van der Waals surface area contributed by atoms with E-state index in [2.05, 4.69) is 11.7 Å². The van der Waals surface area contributed by atoms with Crippen LogP contribution >= 0.6 is 0 Å². The average molecular weight is 286 g/mol. The minimum atomic E-state index is -0.246. The Labute approximate surface area is 123 Å². The Hall–Kier alpha value is -1.06. The van der Waals surface area contributed by atoms with Crippen molar-refractivity contribution in [3.05, 3.63) is 0 Å². The predicted molar refractivity (Wildman–Crippen MR) is 79.4 cm³/mol. The van der Waals surface area contributed by atoms with Crippen LogP contribution in [-0.2, 0) is 19.1 Å². The number of methoxy groups -OCH3 is 1. The molecular formula is C16H30O4. The topological polar surface area (TPSA) is 52.6 Å². The van der Waals surface area contributed by atoms with Gasteiger partial charge in [0.1, 0.15) is 0 Å². The quantitative estimate of drug-likeness (QED) is 0.404. The summed E-state index contributed by atoms with van der Waals surface area (Å²) in [5.41, 5.74) is 0. The van der Waals surface area contributed by atoms with Crippen LogP contribution < -0.4 is 0 Å². The first-order chi connectivity index (χ1) is 9.63. The van der Waals surface area contributed by atoms with Crippen LogP contribution in [0.4, 0.5) is 0 Å². The standard InChI is InChI=1S/C16H30O4/c1-4-6-7-8-9-10-11-15(17)20-13-14(5-2)12-16(18)19-3/h14H,4-13H2,1-3H3. The van der Waals surface area contributed by atoms with E-state index in [9.17, 15) is 9.59 Å². The number of hydrogen-bond acceptors (Lipinski definition) is 4. The Morgan fingerprint density at radius 1 is 0.950 bits per heavy atom. The summed E-state index contributed by atoms with van der Waals surface area (Å²) in [4.78, 5) is 22.7. The van der Waals surface area contributed by atoms with Crippen LogP contribution in [0.1, 0.15) is 71.6 Å². The molecule has 0 aliphatic rings. The highest BCUT2D eigenvalue weighted by Crippen LogP contribution is 2.11. The Morgan fingerprint density at radius 2 is 1.60 bits per heavy atom. The predicted octanol–water partition coefficient (Wildman–Crippen LogP) is 3.87. The number of esters is 2. The Morgan fingerprint density at radius 3 is 2.20 bits per heavy atom. The fourth-order valence-electron chi connectivity index (χ4n) is 1.97. The van der Waals surface area contributed by atoms with Crippen LogP contribution in [0.5, 0.6) is 0 Å². The van der Waals surface area contributed by atoms with E-state index in [-0.39, 0.29) is 17.9 Å². The third-order valence-electron chi connectivity index (χ3n) is 3.47. The molecule has 0 saturated heterocycles. The van der Waals surface area contributed by atoms with E-state index in [1.807, 2.05) is 6.92 Å². The maximum absolute atomic E-state index is 11.6. The highest BCUT2D eigenvalue weighted by atomic mass is 16.5. The molecule has 0 spiro atoms. The molecule has 0 aliphatic carbocycles. The van der Waals surface area contributed by atoms with Gasteiger partial charge < -0.3 is 9.47 Å². The van der Waals surface area contributed by atoms with Crippen molar-refractivity contribution in [1.29, 1.82) is 0 Å². The van der Waals surface area contributed by atoms with Gasteiger partial charge in [0.2, 0.25) is 0 Å². The molecule has 118 valence electrons. The van der Waals surface area contributed by atoms with E-state index in [0.29, 0.717) is 19.4 Å². The van der Waals surface area contributed by atoms with Crippen molar-refractivity contribution in [2.75, 3.05) is 13.7 Å². The van der Waals surface area contributed by atoms with E-state index in [0.717, 1.165) is 19.3 Å². The molecule has 1 atom stereocenters. The maximum Gasteiger partial charge on any atom is 0.305 e. The monoisotopic (exact) mass is 286 g/mol. The Kier molecular flexibility index (Phi) is 12.3. The first-order valence-electron chi connectivity index (χ1n) is 7.86. The van der Waals surface area contributed by atoms with Crippen molar-refractivity contribution in [2.45, 2.75) is 71.6 Å². The minimum absolute atomic E-state index is 0.0657. The number of rotatable bonds is 12. The van der Waals surface area contributed by atoms with Crippen molar-refractivity contribution >= 4 is 11.9 Å². The zero-order valence-electron chi connectivity index (χ0n) is 13.3. The molecule has 20 heavy (non-hydrogen) atoms. The SMILES string of the molecule is CCCCCCCCC(=O)OCC(CC)CC(=O)OC. The van der Waals surface area contributed by atoms with E-state index >= 15 is 0 Å². The molecule has 1 unspecified atom stereocenters. The van der Waals surface area contributed by atoms with E-state index in [4.69, 9.17) is 4.74 Å². The van der Waals surface area contributed by atoms with Gasteiger partial charge in [0.25, 0.3) is 0 Å². The molecule has 0 radical (unpaired) electrons. The second-order valence-electron chi connectivity index (χ2n) is 5.26. The second-order valence-corrected chi connectivity index (χ2v) is 5.26.